The van der Waals surface area contributed by atoms with Gasteiger partial charge >= 0.3 is 5.97 Å². The Morgan fingerprint density at radius 3 is 2.48 bits per heavy atom. The van der Waals surface area contributed by atoms with E-state index >= 15 is 0 Å². The molecule has 1 aromatic rings. The molecule has 1 amide bonds. The summed E-state index contributed by atoms with van der Waals surface area (Å²) in [5, 5.41) is 13.5. The van der Waals surface area contributed by atoms with E-state index in [0.29, 0.717) is 25.9 Å². The zero-order valence-electron chi connectivity index (χ0n) is 13.1. The number of nitrogens with zero attached hydrogens (tertiary/aromatic N) is 3. The van der Waals surface area contributed by atoms with Crippen molar-refractivity contribution in [2.24, 2.45) is 18.9 Å². The van der Waals surface area contributed by atoms with Gasteiger partial charge in [0.15, 0.2) is 0 Å². The number of aliphatic carboxylic acids is 1. The highest BCUT2D eigenvalue weighted by Crippen LogP contribution is 2.24. The molecule has 1 aliphatic rings. The Balaban J connectivity index is 1.95. The second-order valence-corrected chi connectivity index (χ2v) is 5.99. The van der Waals surface area contributed by atoms with Crippen molar-refractivity contribution < 1.29 is 14.7 Å². The Morgan fingerprint density at radius 2 is 2.00 bits per heavy atom. The van der Waals surface area contributed by atoms with Crippen LogP contribution in [0, 0.1) is 25.7 Å². The molecule has 0 aromatic carbocycles. The quantitative estimate of drug-likeness (QED) is 0.903. The lowest BCUT2D eigenvalue weighted by molar-refractivity contribution is -0.142. The number of hydrogen-bond acceptors (Lipinski definition) is 3. The molecule has 2 heterocycles. The summed E-state index contributed by atoms with van der Waals surface area (Å²) in [5.74, 6) is -1.19. The van der Waals surface area contributed by atoms with Crippen molar-refractivity contribution >= 4 is 11.9 Å². The van der Waals surface area contributed by atoms with Crippen LogP contribution in [-0.2, 0) is 23.1 Å². The summed E-state index contributed by atoms with van der Waals surface area (Å²) < 4.78 is 1.83. The number of rotatable bonds is 4. The number of carbonyl (C=O) groups excluding carboxylic acids is 1. The number of likely N-dealkylation sites (tertiary alicyclic amines) is 1. The van der Waals surface area contributed by atoms with Gasteiger partial charge < -0.3 is 10.0 Å². The van der Waals surface area contributed by atoms with Crippen molar-refractivity contribution in [3.8, 4) is 0 Å². The van der Waals surface area contributed by atoms with E-state index in [4.69, 9.17) is 5.11 Å². The summed E-state index contributed by atoms with van der Waals surface area (Å²) in [7, 11) is 1.90. The van der Waals surface area contributed by atoms with E-state index < -0.39 is 11.9 Å². The lowest BCUT2D eigenvalue weighted by Crippen LogP contribution is -2.30. The molecule has 0 aliphatic carbocycles. The molecule has 2 atom stereocenters. The highest BCUT2D eigenvalue weighted by molar-refractivity contribution is 5.79. The first-order valence-corrected chi connectivity index (χ1v) is 7.31. The van der Waals surface area contributed by atoms with Crippen LogP contribution in [0.25, 0.3) is 0 Å². The van der Waals surface area contributed by atoms with E-state index in [1.54, 1.807) is 4.90 Å². The predicted molar refractivity (Wildman–Crippen MR) is 77.9 cm³/mol. The SMILES string of the molecule is Cc1nn(C)c(C)c1CCC(=O)N1C[C@@H](C)[C@H](C(=O)O)C1. The summed E-state index contributed by atoms with van der Waals surface area (Å²) in [6, 6.07) is 0. The van der Waals surface area contributed by atoms with Gasteiger partial charge in [0.25, 0.3) is 0 Å². The van der Waals surface area contributed by atoms with Crippen LogP contribution in [0.2, 0.25) is 0 Å². The maximum atomic E-state index is 12.3. The molecular formula is C15H23N3O3. The van der Waals surface area contributed by atoms with E-state index in [1.165, 1.54) is 0 Å². The number of carbonyl (C=O) groups is 2. The van der Waals surface area contributed by atoms with Crippen LogP contribution < -0.4 is 0 Å². The van der Waals surface area contributed by atoms with Gasteiger partial charge in [-0.2, -0.15) is 5.10 Å². The van der Waals surface area contributed by atoms with Gasteiger partial charge in [-0.05, 0) is 31.7 Å². The maximum absolute atomic E-state index is 12.3. The highest BCUT2D eigenvalue weighted by atomic mass is 16.4. The minimum Gasteiger partial charge on any atom is -0.481 e. The first-order chi connectivity index (χ1) is 9.81. The molecule has 0 spiro atoms. The zero-order valence-corrected chi connectivity index (χ0v) is 13.1. The number of carboxylic acids is 1. The molecule has 6 heteroatoms. The summed E-state index contributed by atoms with van der Waals surface area (Å²) in [6.07, 6.45) is 1.07. The Labute approximate surface area is 124 Å². The molecule has 0 radical (unpaired) electrons. The molecule has 1 fully saturated rings. The average molecular weight is 293 g/mol. The fraction of sp³-hybridized carbons (Fsp3) is 0.667. The molecule has 116 valence electrons. The van der Waals surface area contributed by atoms with Crippen LogP contribution in [0.1, 0.15) is 30.3 Å². The fourth-order valence-corrected chi connectivity index (χ4v) is 3.06. The molecule has 21 heavy (non-hydrogen) atoms. The summed E-state index contributed by atoms with van der Waals surface area (Å²) in [5.41, 5.74) is 3.16. The van der Waals surface area contributed by atoms with E-state index in [9.17, 15) is 9.59 Å². The third kappa shape index (κ3) is 3.09. The molecule has 1 saturated heterocycles. The Morgan fingerprint density at radius 1 is 1.33 bits per heavy atom. The highest BCUT2D eigenvalue weighted by Gasteiger charge is 2.36. The van der Waals surface area contributed by atoms with Gasteiger partial charge in [-0.25, -0.2) is 0 Å². The Bertz CT molecular complexity index is 565. The first-order valence-electron chi connectivity index (χ1n) is 7.31. The molecular weight excluding hydrogens is 270 g/mol. The van der Waals surface area contributed by atoms with Crippen molar-refractivity contribution in [2.75, 3.05) is 13.1 Å². The molecule has 1 N–H and O–H groups in total. The number of amides is 1. The van der Waals surface area contributed by atoms with Gasteiger partial charge in [0.05, 0.1) is 11.6 Å². The Hall–Kier alpha value is -1.85. The number of aromatic nitrogens is 2. The van der Waals surface area contributed by atoms with Crippen molar-refractivity contribution in [2.45, 2.75) is 33.6 Å². The monoisotopic (exact) mass is 293 g/mol. The summed E-state index contributed by atoms with van der Waals surface area (Å²) in [4.78, 5) is 25.1. The molecule has 0 bridgehead atoms. The van der Waals surface area contributed by atoms with Gasteiger partial charge in [0.2, 0.25) is 5.91 Å². The summed E-state index contributed by atoms with van der Waals surface area (Å²) >= 11 is 0. The van der Waals surface area contributed by atoms with Gasteiger partial charge in [0, 0.05) is 32.3 Å². The van der Waals surface area contributed by atoms with E-state index in [-0.39, 0.29) is 11.8 Å². The van der Waals surface area contributed by atoms with Crippen LogP contribution in [0.4, 0.5) is 0 Å². The van der Waals surface area contributed by atoms with Gasteiger partial charge in [-0.1, -0.05) is 6.92 Å². The van der Waals surface area contributed by atoms with Crippen LogP contribution >= 0.6 is 0 Å². The topological polar surface area (TPSA) is 75.4 Å². The second-order valence-electron chi connectivity index (χ2n) is 5.99. The van der Waals surface area contributed by atoms with Crippen LogP contribution in [0.5, 0.6) is 0 Å². The Kier molecular flexibility index (Phi) is 4.34. The molecule has 0 unspecified atom stereocenters. The van der Waals surface area contributed by atoms with E-state index in [1.807, 2.05) is 32.5 Å². The number of hydrogen-bond donors (Lipinski definition) is 1. The third-order valence-electron chi connectivity index (χ3n) is 4.53. The number of carboxylic acid groups (broad SMARTS) is 1. The van der Waals surface area contributed by atoms with Crippen LogP contribution in [-0.4, -0.2) is 44.8 Å². The van der Waals surface area contributed by atoms with Crippen LogP contribution in [0.15, 0.2) is 0 Å². The van der Waals surface area contributed by atoms with Gasteiger partial charge in [-0.15, -0.1) is 0 Å². The standard InChI is InChI=1S/C15H23N3O3/c1-9-7-18(8-13(9)15(20)21)14(19)6-5-12-10(2)16-17(4)11(12)3/h9,13H,5-8H2,1-4H3,(H,20,21)/t9-,13-/m1/s1. The lowest BCUT2D eigenvalue weighted by atomic mass is 9.99. The lowest BCUT2D eigenvalue weighted by Gasteiger charge is -2.15. The molecule has 2 rings (SSSR count). The van der Waals surface area contributed by atoms with Gasteiger partial charge in [-0.3, -0.25) is 14.3 Å². The average Bonchev–Trinajstić information content (AvgIpc) is 2.90. The summed E-state index contributed by atoms with van der Waals surface area (Å²) in [6.45, 7) is 6.71. The predicted octanol–water partition coefficient (Wildman–Crippen LogP) is 1.15. The normalized spacial score (nSPS) is 21.8. The molecule has 1 aromatic heterocycles. The van der Waals surface area contributed by atoms with Crippen molar-refractivity contribution in [1.82, 2.24) is 14.7 Å². The van der Waals surface area contributed by atoms with Gasteiger partial charge in [0.1, 0.15) is 0 Å². The smallest absolute Gasteiger partial charge is 0.308 e. The van der Waals surface area contributed by atoms with Crippen LogP contribution in [0.3, 0.4) is 0 Å². The minimum atomic E-state index is -0.809. The van der Waals surface area contributed by atoms with E-state index in [0.717, 1.165) is 17.0 Å². The third-order valence-corrected chi connectivity index (χ3v) is 4.53. The zero-order chi connectivity index (χ0) is 15.7. The van der Waals surface area contributed by atoms with Crippen molar-refractivity contribution in [1.29, 1.82) is 0 Å². The van der Waals surface area contributed by atoms with Crippen molar-refractivity contribution in [3.05, 3.63) is 17.0 Å². The molecule has 1 aliphatic heterocycles. The largest absolute Gasteiger partial charge is 0.481 e. The van der Waals surface area contributed by atoms with Crippen molar-refractivity contribution in [3.63, 3.8) is 0 Å². The second kappa shape index (κ2) is 5.87. The van der Waals surface area contributed by atoms with E-state index in [2.05, 4.69) is 5.10 Å². The number of aryl methyl sites for hydroxylation is 2. The first kappa shape index (κ1) is 15.5. The minimum absolute atomic E-state index is 0.0216. The molecule has 0 saturated carbocycles. The molecule has 6 nitrogen and oxygen atoms in total. The maximum Gasteiger partial charge on any atom is 0.308 e. The fourth-order valence-electron chi connectivity index (χ4n) is 3.06.